The molecule has 0 spiro atoms. The Morgan fingerprint density at radius 2 is 0.906 bits per heavy atom. The molecule has 0 amide bonds. The van der Waals surface area contributed by atoms with E-state index in [4.69, 9.17) is 13.3 Å². The van der Waals surface area contributed by atoms with Crippen LogP contribution in [0.5, 0.6) is 0 Å². The number of furan rings is 3. The van der Waals surface area contributed by atoms with Gasteiger partial charge >= 0.3 is 0 Å². The van der Waals surface area contributed by atoms with Gasteiger partial charge in [0.05, 0.1) is 5.39 Å². The Morgan fingerprint density at radius 3 is 1.68 bits per heavy atom. The molecule has 0 saturated heterocycles. The molecular formula is C50H28O3. The zero-order chi connectivity index (χ0) is 34.6. The van der Waals surface area contributed by atoms with Crippen LogP contribution in [0.2, 0.25) is 0 Å². The van der Waals surface area contributed by atoms with Gasteiger partial charge in [-0.3, -0.25) is 0 Å². The quantitative estimate of drug-likeness (QED) is 0.175. The molecule has 0 N–H and O–H groups in total. The van der Waals surface area contributed by atoms with Crippen LogP contribution < -0.4 is 0 Å². The van der Waals surface area contributed by atoms with E-state index in [1.807, 2.05) is 18.2 Å². The van der Waals surface area contributed by atoms with Gasteiger partial charge in [-0.2, -0.15) is 0 Å². The summed E-state index contributed by atoms with van der Waals surface area (Å²) in [6, 6.07) is 60.1. The van der Waals surface area contributed by atoms with Crippen molar-refractivity contribution >= 4 is 87.2 Å². The van der Waals surface area contributed by atoms with Crippen LogP contribution in [-0.4, -0.2) is 0 Å². The van der Waals surface area contributed by atoms with Gasteiger partial charge in [-0.25, -0.2) is 0 Å². The number of rotatable bonds is 3. The number of para-hydroxylation sites is 1. The van der Waals surface area contributed by atoms with Gasteiger partial charge < -0.3 is 13.3 Å². The van der Waals surface area contributed by atoms with Crippen molar-refractivity contribution in [1.29, 1.82) is 0 Å². The summed E-state index contributed by atoms with van der Waals surface area (Å²) in [6.45, 7) is 0. The topological polar surface area (TPSA) is 39.4 Å². The number of fused-ring (bicyclic) bond motifs is 12. The van der Waals surface area contributed by atoms with E-state index in [0.717, 1.165) is 82.9 Å². The molecule has 246 valence electrons. The van der Waals surface area contributed by atoms with Gasteiger partial charge in [0, 0.05) is 27.1 Å². The summed E-state index contributed by atoms with van der Waals surface area (Å²) in [5, 5.41) is 12.5. The first-order valence-electron chi connectivity index (χ1n) is 18.0. The van der Waals surface area contributed by atoms with Crippen molar-refractivity contribution in [3.63, 3.8) is 0 Å². The Balaban J connectivity index is 1.20. The Labute approximate surface area is 302 Å². The van der Waals surface area contributed by atoms with Crippen molar-refractivity contribution in [1.82, 2.24) is 0 Å². The molecule has 0 radical (unpaired) electrons. The lowest BCUT2D eigenvalue weighted by atomic mass is 9.84. The summed E-state index contributed by atoms with van der Waals surface area (Å²) in [4.78, 5) is 0. The standard InChI is InChI=1S/C50H28O3/c1-2-13-30(14-3-1)44-28-39-38(27-45-49(50(39)53-44)37-20-10-11-21-41(37)52-45)47-35-18-8-6-16-33(35)46(34-17-7-9-19-36(34)47)31-23-24-42-40(26-31)48-32-15-5-4-12-29(32)22-25-43(48)51-42/h1-28H. The molecule has 0 atom stereocenters. The third-order valence-corrected chi connectivity index (χ3v) is 11.1. The fraction of sp³-hybridized carbons (Fsp3) is 0. The third-order valence-electron chi connectivity index (χ3n) is 11.1. The fourth-order valence-corrected chi connectivity index (χ4v) is 8.77. The highest BCUT2D eigenvalue weighted by molar-refractivity contribution is 6.28. The van der Waals surface area contributed by atoms with Gasteiger partial charge in [0.15, 0.2) is 0 Å². The molecule has 0 bridgehead atoms. The van der Waals surface area contributed by atoms with Crippen molar-refractivity contribution < 1.29 is 13.3 Å². The van der Waals surface area contributed by atoms with Gasteiger partial charge in [-0.1, -0.05) is 133 Å². The van der Waals surface area contributed by atoms with Crippen LogP contribution in [0.25, 0.3) is 121 Å². The average Bonchev–Trinajstić information content (AvgIpc) is 3.93. The number of benzene rings is 9. The molecule has 12 rings (SSSR count). The molecule has 0 fully saturated rings. The van der Waals surface area contributed by atoms with Crippen molar-refractivity contribution in [3.8, 4) is 33.6 Å². The van der Waals surface area contributed by atoms with Gasteiger partial charge in [-0.05, 0) is 91.0 Å². The van der Waals surface area contributed by atoms with Crippen molar-refractivity contribution in [2.75, 3.05) is 0 Å². The summed E-state index contributed by atoms with van der Waals surface area (Å²) >= 11 is 0. The predicted molar refractivity (Wildman–Crippen MR) is 220 cm³/mol. The van der Waals surface area contributed by atoms with E-state index in [2.05, 4.69) is 152 Å². The highest BCUT2D eigenvalue weighted by Gasteiger charge is 2.24. The normalized spacial score (nSPS) is 12.2. The van der Waals surface area contributed by atoms with E-state index < -0.39 is 0 Å². The molecule has 3 nitrogen and oxygen atoms in total. The zero-order valence-corrected chi connectivity index (χ0v) is 28.4. The highest BCUT2D eigenvalue weighted by Crippen LogP contribution is 2.49. The van der Waals surface area contributed by atoms with E-state index >= 15 is 0 Å². The maximum absolute atomic E-state index is 6.84. The van der Waals surface area contributed by atoms with Crippen molar-refractivity contribution in [2.24, 2.45) is 0 Å². The van der Waals surface area contributed by atoms with E-state index in [1.165, 1.54) is 37.9 Å². The SMILES string of the molecule is c1ccc(-c2cc3c(-c4c5ccccc5c(-c5ccc6oc7ccc8ccccc8c7c6c5)c5ccccc45)cc4oc5ccccc5c4c3o2)cc1. The summed E-state index contributed by atoms with van der Waals surface area (Å²) in [5.74, 6) is 0.832. The summed E-state index contributed by atoms with van der Waals surface area (Å²) in [6.07, 6.45) is 0. The van der Waals surface area contributed by atoms with Crippen LogP contribution >= 0.6 is 0 Å². The van der Waals surface area contributed by atoms with Crippen molar-refractivity contribution in [2.45, 2.75) is 0 Å². The molecular weight excluding hydrogens is 649 g/mol. The first kappa shape index (κ1) is 28.6. The molecule has 0 unspecified atom stereocenters. The molecule has 0 saturated carbocycles. The molecule has 3 aromatic heterocycles. The van der Waals surface area contributed by atoms with Crippen LogP contribution in [0, 0.1) is 0 Å². The minimum Gasteiger partial charge on any atom is -0.456 e. The molecule has 53 heavy (non-hydrogen) atoms. The number of hydrogen-bond acceptors (Lipinski definition) is 3. The zero-order valence-electron chi connectivity index (χ0n) is 28.4. The summed E-state index contributed by atoms with van der Waals surface area (Å²) < 4.78 is 19.8. The Hall–Kier alpha value is -7.10. The van der Waals surface area contributed by atoms with Crippen LogP contribution in [-0.2, 0) is 0 Å². The van der Waals surface area contributed by atoms with Crippen LogP contribution in [0.4, 0.5) is 0 Å². The monoisotopic (exact) mass is 676 g/mol. The summed E-state index contributed by atoms with van der Waals surface area (Å²) in [7, 11) is 0. The summed E-state index contributed by atoms with van der Waals surface area (Å²) in [5.41, 5.74) is 9.92. The second kappa shape index (κ2) is 10.7. The third kappa shape index (κ3) is 4.05. The van der Waals surface area contributed by atoms with Crippen LogP contribution in [0.3, 0.4) is 0 Å². The largest absolute Gasteiger partial charge is 0.456 e. The predicted octanol–water partition coefficient (Wildman–Crippen LogP) is 14.7. The molecule has 0 aliphatic rings. The number of hydrogen-bond donors (Lipinski definition) is 0. The lowest BCUT2D eigenvalue weighted by Gasteiger charge is -2.18. The van der Waals surface area contributed by atoms with Gasteiger partial charge in [-0.15, -0.1) is 0 Å². The van der Waals surface area contributed by atoms with Gasteiger partial charge in [0.1, 0.15) is 33.7 Å². The maximum Gasteiger partial charge on any atom is 0.147 e. The highest BCUT2D eigenvalue weighted by atomic mass is 16.3. The van der Waals surface area contributed by atoms with E-state index in [0.29, 0.717) is 0 Å². The maximum atomic E-state index is 6.84. The Kier molecular flexibility index (Phi) is 5.77. The first-order valence-corrected chi connectivity index (χ1v) is 18.0. The van der Waals surface area contributed by atoms with Gasteiger partial charge in [0.2, 0.25) is 0 Å². The van der Waals surface area contributed by atoms with Gasteiger partial charge in [0.25, 0.3) is 0 Å². The minimum atomic E-state index is 0.810. The van der Waals surface area contributed by atoms with E-state index in [-0.39, 0.29) is 0 Å². The minimum absolute atomic E-state index is 0.810. The molecule has 3 heteroatoms. The lowest BCUT2D eigenvalue weighted by molar-refractivity contribution is 0.633. The molecule has 0 aliphatic carbocycles. The Bertz CT molecular complexity index is 3390. The molecule has 0 aliphatic heterocycles. The first-order chi connectivity index (χ1) is 26.3. The fourth-order valence-electron chi connectivity index (χ4n) is 8.77. The average molecular weight is 677 g/mol. The second-order valence-corrected chi connectivity index (χ2v) is 13.9. The van der Waals surface area contributed by atoms with Crippen LogP contribution in [0.15, 0.2) is 183 Å². The lowest BCUT2D eigenvalue weighted by Crippen LogP contribution is -1.91. The molecule has 12 aromatic rings. The Morgan fingerprint density at radius 1 is 0.302 bits per heavy atom. The van der Waals surface area contributed by atoms with E-state index in [1.54, 1.807) is 0 Å². The smallest absolute Gasteiger partial charge is 0.147 e. The second-order valence-electron chi connectivity index (χ2n) is 13.9. The molecule has 3 heterocycles. The van der Waals surface area contributed by atoms with E-state index in [9.17, 15) is 0 Å². The van der Waals surface area contributed by atoms with Crippen molar-refractivity contribution in [3.05, 3.63) is 170 Å². The van der Waals surface area contributed by atoms with Crippen LogP contribution in [0.1, 0.15) is 0 Å². The molecule has 9 aromatic carbocycles.